The highest BCUT2D eigenvalue weighted by atomic mass is 32.1. The van der Waals surface area contributed by atoms with Crippen LogP contribution in [0.15, 0.2) is 36.9 Å². The molecule has 1 aliphatic carbocycles. The molecule has 1 aromatic carbocycles. The van der Waals surface area contributed by atoms with Gasteiger partial charge in [-0.3, -0.25) is 14.7 Å². The lowest BCUT2D eigenvalue weighted by Gasteiger charge is -2.20. The van der Waals surface area contributed by atoms with Crippen LogP contribution >= 0.6 is 11.3 Å². The van der Waals surface area contributed by atoms with Gasteiger partial charge in [-0.15, -0.1) is 17.9 Å². The predicted molar refractivity (Wildman–Crippen MR) is 116 cm³/mol. The fraction of sp³-hybridized carbons (Fsp3) is 0.348. The number of thiazole rings is 1. The zero-order valence-electron chi connectivity index (χ0n) is 16.5. The first-order valence-corrected chi connectivity index (χ1v) is 10.6. The second kappa shape index (κ2) is 7.84. The van der Waals surface area contributed by atoms with Crippen LogP contribution in [-0.2, 0) is 24.1 Å². The van der Waals surface area contributed by atoms with Gasteiger partial charge >= 0.3 is 0 Å². The molecular weight excluding hydrogens is 366 g/mol. The quantitative estimate of drug-likeness (QED) is 0.578. The van der Waals surface area contributed by atoms with Crippen molar-refractivity contribution in [1.82, 2.24) is 9.97 Å². The van der Waals surface area contributed by atoms with Crippen molar-refractivity contribution in [2.45, 2.75) is 46.0 Å². The van der Waals surface area contributed by atoms with Crippen molar-refractivity contribution in [3.05, 3.63) is 64.3 Å². The van der Waals surface area contributed by atoms with E-state index in [0.717, 1.165) is 45.7 Å². The van der Waals surface area contributed by atoms with E-state index in [-0.39, 0.29) is 5.91 Å². The maximum absolute atomic E-state index is 13.3. The number of hydrogen-bond acceptors (Lipinski definition) is 4. The predicted octanol–water partition coefficient (Wildman–Crippen LogP) is 4.95. The molecule has 1 aliphatic rings. The Bertz CT molecular complexity index is 1030. The van der Waals surface area contributed by atoms with E-state index in [9.17, 15) is 4.79 Å². The van der Waals surface area contributed by atoms with E-state index in [1.807, 2.05) is 25.1 Å². The van der Waals surface area contributed by atoms with Crippen molar-refractivity contribution < 1.29 is 4.79 Å². The Morgan fingerprint density at radius 2 is 2.00 bits per heavy atom. The molecule has 144 valence electrons. The Hall–Kier alpha value is -2.53. The molecule has 0 radical (unpaired) electrons. The number of rotatable bonds is 5. The van der Waals surface area contributed by atoms with Gasteiger partial charge < -0.3 is 0 Å². The van der Waals surface area contributed by atoms with E-state index >= 15 is 0 Å². The van der Waals surface area contributed by atoms with Crippen LogP contribution in [0.2, 0.25) is 0 Å². The van der Waals surface area contributed by atoms with Gasteiger partial charge in [-0.05, 0) is 56.7 Å². The molecule has 0 bridgehead atoms. The zero-order valence-corrected chi connectivity index (χ0v) is 17.3. The number of anilines is 1. The Labute approximate surface area is 169 Å². The Morgan fingerprint density at radius 1 is 1.21 bits per heavy atom. The van der Waals surface area contributed by atoms with Crippen molar-refractivity contribution in [2.24, 2.45) is 0 Å². The van der Waals surface area contributed by atoms with Crippen molar-refractivity contribution in [1.29, 1.82) is 0 Å². The van der Waals surface area contributed by atoms with Crippen LogP contribution in [0.1, 0.15) is 40.2 Å². The molecule has 4 nitrogen and oxygen atoms in total. The largest absolute Gasteiger partial charge is 0.284 e. The third-order valence-electron chi connectivity index (χ3n) is 5.49. The maximum atomic E-state index is 13.3. The minimum atomic E-state index is 0.0503. The monoisotopic (exact) mass is 391 g/mol. The first kappa shape index (κ1) is 18.8. The highest BCUT2D eigenvalue weighted by Crippen LogP contribution is 2.32. The van der Waals surface area contributed by atoms with Gasteiger partial charge in [0.1, 0.15) is 0 Å². The molecule has 28 heavy (non-hydrogen) atoms. The Balaban J connectivity index is 1.66. The minimum absolute atomic E-state index is 0.0503. The third kappa shape index (κ3) is 3.47. The first-order valence-electron chi connectivity index (χ1n) is 9.83. The van der Waals surface area contributed by atoms with Crippen molar-refractivity contribution in [3.63, 3.8) is 0 Å². The van der Waals surface area contributed by atoms with Gasteiger partial charge in [0.15, 0.2) is 5.13 Å². The fourth-order valence-electron chi connectivity index (χ4n) is 3.95. The van der Waals surface area contributed by atoms with E-state index in [0.29, 0.717) is 13.0 Å². The van der Waals surface area contributed by atoms with Gasteiger partial charge in [-0.1, -0.05) is 24.3 Å². The Morgan fingerprint density at radius 3 is 2.79 bits per heavy atom. The van der Waals surface area contributed by atoms with E-state index in [2.05, 4.69) is 19.6 Å². The van der Waals surface area contributed by atoms with Gasteiger partial charge in [-0.25, -0.2) is 4.98 Å². The number of benzene rings is 1. The summed E-state index contributed by atoms with van der Waals surface area (Å²) in [7, 11) is 0. The molecule has 4 rings (SSSR count). The SMILES string of the molecule is C=CCN(C(=O)Cc1c(C)nc2ccccc2c1C)c1nc2c(s1)CCCC2. The number of carbonyl (C=O) groups is 1. The molecule has 0 spiro atoms. The maximum Gasteiger partial charge on any atom is 0.233 e. The molecule has 0 saturated heterocycles. The summed E-state index contributed by atoms with van der Waals surface area (Å²) in [5, 5.41) is 1.91. The van der Waals surface area contributed by atoms with Crippen LogP contribution in [0.25, 0.3) is 10.9 Å². The number of fused-ring (bicyclic) bond motifs is 2. The molecule has 3 aromatic rings. The summed E-state index contributed by atoms with van der Waals surface area (Å²) in [6, 6.07) is 8.10. The third-order valence-corrected chi connectivity index (χ3v) is 6.67. The van der Waals surface area contributed by atoms with Crippen LogP contribution in [0, 0.1) is 13.8 Å². The number of pyridine rings is 1. The average molecular weight is 392 g/mol. The first-order chi connectivity index (χ1) is 13.6. The lowest BCUT2D eigenvalue weighted by Crippen LogP contribution is -2.32. The van der Waals surface area contributed by atoms with Crippen LogP contribution in [0.5, 0.6) is 0 Å². The van der Waals surface area contributed by atoms with E-state index in [4.69, 9.17) is 9.97 Å². The normalized spacial score (nSPS) is 13.4. The molecule has 0 fully saturated rings. The summed E-state index contributed by atoms with van der Waals surface area (Å²) in [5.74, 6) is 0.0503. The standard InChI is InChI=1S/C23H25N3OS/c1-4-13-26(23-25-20-11-7-8-12-21(20)28-23)22(27)14-18-15(2)17-9-5-6-10-19(17)24-16(18)3/h4-6,9-10H,1,7-8,11-14H2,2-3H3. The summed E-state index contributed by atoms with van der Waals surface area (Å²) in [6.45, 7) is 8.39. The van der Waals surface area contributed by atoms with Gasteiger partial charge in [0, 0.05) is 22.5 Å². The molecule has 2 aromatic heterocycles. The molecule has 0 saturated carbocycles. The molecule has 0 atom stereocenters. The molecular formula is C23H25N3OS. The lowest BCUT2D eigenvalue weighted by molar-refractivity contribution is -0.117. The number of aromatic nitrogens is 2. The van der Waals surface area contributed by atoms with E-state index < -0.39 is 0 Å². The fourth-order valence-corrected chi connectivity index (χ4v) is 5.12. The molecule has 0 aliphatic heterocycles. The second-order valence-electron chi connectivity index (χ2n) is 7.36. The minimum Gasteiger partial charge on any atom is -0.284 e. The molecule has 0 N–H and O–H groups in total. The molecule has 2 heterocycles. The van der Waals surface area contributed by atoms with Gasteiger partial charge in [-0.2, -0.15) is 0 Å². The van der Waals surface area contributed by atoms with Gasteiger partial charge in [0.05, 0.1) is 17.6 Å². The summed E-state index contributed by atoms with van der Waals surface area (Å²) >= 11 is 1.66. The second-order valence-corrected chi connectivity index (χ2v) is 8.42. The number of aryl methyl sites for hydroxylation is 4. The number of amides is 1. The van der Waals surface area contributed by atoms with Crippen molar-refractivity contribution in [3.8, 4) is 0 Å². The van der Waals surface area contributed by atoms with E-state index in [1.165, 1.54) is 23.4 Å². The van der Waals surface area contributed by atoms with Gasteiger partial charge in [0.25, 0.3) is 0 Å². The van der Waals surface area contributed by atoms with Crippen LogP contribution in [0.4, 0.5) is 5.13 Å². The smallest absolute Gasteiger partial charge is 0.233 e. The zero-order chi connectivity index (χ0) is 19.7. The van der Waals surface area contributed by atoms with Crippen LogP contribution in [0.3, 0.4) is 0 Å². The van der Waals surface area contributed by atoms with Crippen molar-refractivity contribution >= 4 is 33.3 Å². The number of para-hydroxylation sites is 1. The van der Waals surface area contributed by atoms with Gasteiger partial charge in [0.2, 0.25) is 5.91 Å². The summed E-state index contributed by atoms with van der Waals surface area (Å²) in [5.41, 5.74) is 5.21. The summed E-state index contributed by atoms with van der Waals surface area (Å²) < 4.78 is 0. The van der Waals surface area contributed by atoms with Crippen LogP contribution in [-0.4, -0.2) is 22.4 Å². The molecule has 1 amide bonds. The van der Waals surface area contributed by atoms with Crippen molar-refractivity contribution in [2.75, 3.05) is 11.4 Å². The number of hydrogen-bond donors (Lipinski definition) is 0. The average Bonchev–Trinajstić information content (AvgIpc) is 3.13. The lowest BCUT2D eigenvalue weighted by atomic mass is 9.99. The highest BCUT2D eigenvalue weighted by Gasteiger charge is 2.24. The highest BCUT2D eigenvalue weighted by molar-refractivity contribution is 7.16. The number of carbonyl (C=O) groups excluding carboxylic acids is 1. The van der Waals surface area contributed by atoms with Crippen LogP contribution < -0.4 is 4.90 Å². The topological polar surface area (TPSA) is 46.1 Å². The number of nitrogens with zero attached hydrogens (tertiary/aromatic N) is 3. The van der Waals surface area contributed by atoms with E-state index in [1.54, 1.807) is 22.3 Å². The summed E-state index contributed by atoms with van der Waals surface area (Å²) in [6.07, 6.45) is 6.60. The molecule has 0 unspecified atom stereocenters. The Kier molecular flexibility index (Phi) is 5.27. The summed E-state index contributed by atoms with van der Waals surface area (Å²) in [4.78, 5) is 25.9. The molecule has 5 heteroatoms.